The second-order valence-corrected chi connectivity index (χ2v) is 13.6. The van der Waals surface area contributed by atoms with Gasteiger partial charge in [-0.25, -0.2) is 92.6 Å². The van der Waals surface area contributed by atoms with E-state index in [0.29, 0.717) is 0 Å². The maximum atomic E-state index is 15.4. The van der Waals surface area contributed by atoms with Gasteiger partial charge in [0.15, 0.2) is 69.8 Å². The minimum atomic E-state index is -7.22. The average molecular weight is 952 g/mol. The topological polar surface area (TPSA) is 26.0 Å². The first-order chi connectivity index (χ1) is 31.1. The molecule has 0 N–H and O–H groups in total. The summed E-state index contributed by atoms with van der Waals surface area (Å²) in [6, 6.07) is 18.7. The Morgan fingerprint density at radius 2 is 0.576 bits per heavy atom. The Kier molecular flexibility index (Phi) is 12.1. The summed E-state index contributed by atoms with van der Waals surface area (Å²) in [6.07, 6.45) is -0.237. The minimum Gasteiger partial charge on any atom is -0.252 e. The largest absolute Gasteiger partial charge is 0.252 e. The van der Waals surface area contributed by atoms with Gasteiger partial charge in [0, 0.05) is 15.5 Å². The first-order valence-electron chi connectivity index (χ1n) is 17.8. The SMILES string of the molecule is Fc1c(F)c(F)c([B-](c2c(F)c(F)c(F)c(F)c2F)(c2c(F)c(F)c(F)c(F)c2F)c2c(F)c(F)c(F)c(F)c2F)c(F)c1F.c1ccc2c(O[n+]3ccncc3)c3ccccc3cc2c1. The van der Waals surface area contributed by atoms with Crippen molar-refractivity contribution in [3.05, 3.63) is 196 Å². The normalized spacial score (nSPS) is 11.6. The highest BCUT2D eigenvalue weighted by atomic mass is 19.2. The first kappa shape index (κ1) is 46.6. The molecule has 24 heteroatoms. The number of rotatable bonds is 6. The molecule has 0 radical (unpaired) electrons. The molecule has 1 heterocycles. The molecule has 0 aliphatic carbocycles. The molecule has 0 bridgehead atoms. The van der Waals surface area contributed by atoms with Gasteiger partial charge >= 0.3 is 0 Å². The Morgan fingerprint density at radius 3 is 0.848 bits per heavy atom. The lowest BCUT2D eigenvalue weighted by atomic mass is 9.12. The first-order valence-corrected chi connectivity index (χ1v) is 17.8. The molecule has 1 aromatic heterocycles. The summed E-state index contributed by atoms with van der Waals surface area (Å²) in [5.41, 5.74) is -14.3. The van der Waals surface area contributed by atoms with E-state index in [1.807, 2.05) is 24.3 Å². The fraction of sp³-hybridized carbons (Fsp3) is 0. The molecule has 0 aliphatic heterocycles. The number of hydrogen-bond acceptors (Lipinski definition) is 2. The van der Waals surface area contributed by atoms with E-state index in [1.54, 1.807) is 29.5 Å². The maximum Gasteiger partial charge on any atom is 0.241 e. The van der Waals surface area contributed by atoms with E-state index in [9.17, 15) is 52.7 Å². The van der Waals surface area contributed by atoms with Gasteiger partial charge in [-0.1, -0.05) is 48.5 Å². The standard InChI is InChI=1S/C24BF20.C18H13N2O/c26-5-1(6(27)14(35)21(42)13(5)34)25(2-7(28)15(36)22(43)16(37)8(2)29,3-9(30)17(38)23(44)18(39)10(3)31)4-11(32)19(40)24(45)20(41)12(4)33;1-3-7-16-14(5-1)13-15-6-2-4-8-17(15)18(16)21-20-11-9-19-10-12-20/h;1-13H/q-1;+1. The Balaban J connectivity index is 0.000000254. The molecular weight excluding hydrogens is 939 g/mol. The van der Waals surface area contributed by atoms with Gasteiger partial charge in [-0.3, -0.25) is 4.98 Å². The average Bonchev–Trinajstić information content (AvgIpc) is 3.31. The quantitative estimate of drug-likeness (QED) is 0.0415. The van der Waals surface area contributed by atoms with Crippen molar-refractivity contribution >= 4 is 49.5 Å². The Hall–Kier alpha value is -7.40. The van der Waals surface area contributed by atoms with Gasteiger partial charge < -0.3 is 0 Å². The van der Waals surface area contributed by atoms with Gasteiger partial charge in [-0.05, 0) is 16.8 Å². The second-order valence-electron chi connectivity index (χ2n) is 13.6. The van der Waals surface area contributed by atoms with Gasteiger partial charge in [0.1, 0.15) is 52.7 Å². The molecule has 7 aromatic carbocycles. The highest BCUT2D eigenvalue weighted by Gasteiger charge is 2.52. The predicted octanol–water partition coefficient (Wildman–Crippen LogP) is 9.36. The van der Waals surface area contributed by atoms with Crippen LogP contribution in [0.3, 0.4) is 0 Å². The van der Waals surface area contributed by atoms with E-state index < -0.39 is 144 Å². The summed E-state index contributed by atoms with van der Waals surface area (Å²) in [5, 5.41) is 4.53. The lowest BCUT2D eigenvalue weighted by molar-refractivity contribution is -0.874. The van der Waals surface area contributed by atoms with E-state index in [-0.39, 0.29) is 0 Å². The minimum absolute atomic E-state index is 0.861. The monoisotopic (exact) mass is 952 g/mol. The van der Waals surface area contributed by atoms with E-state index in [2.05, 4.69) is 35.3 Å². The summed E-state index contributed by atoms with van der Waals surface area (Å²) in [6.45, 7) is 0. The van der Waals surface area contributed by atoms with Gasteiger partial charge in [-0.15, -0.1) is 21.9 Å². The summed E-state index contributed by atoms with van der Waals surface area (Å²) in [7, 11) is 0. The second kappa shape index (κ2) is 17.2. The van der Waals surface area contributed by atoms with Crippen molar-refractivity contribution in [2.24, 2.45) is 0 Å². The van der Waals surface area contributed by atoms with Crippen LogP contribution >= 0.6 is 0 Å². The molecule has 0 unspecified atom stereocenters. The third-order valence-corrected chi connectivity index (χ3v) is 10.2. The number of halogens is 20. The molecule has 8 rings (SSSR count). The molecule has 8 aromatic rings. The summed E-state index contributed by atoms with van der Waals surface area (Å²) < 4.78 is 296. The third-order valence-electron chi connectivity index (χ3n) is 10.2. The summed E-state index contributed by atoms with van der Waals surface area (Å²) >= 11 is 0. The number of hydrogen-bond donors (Lipinski definition) is 0. The van der Waals surface area contributed by atoms with Crippen LogP contribution in [-0.2, 0) is 0 Å². The van der Waals surface area contributed by atoms with Crippen LogP contribution in [-0.4, -0.2) is 11.1 Å². The van der Waals surface area contributed by atoms with E-state index in [4.69, 9.17) is 4.84 Å². The van der Waals surface area contributed by atoms with Crippen LogP contribution in [0.15, 0.2) is 79.4 Å². The zero-order chi connectivity index (χ0) is 48.4. The fourth-order valence-electron chi connectivity index (χ4n) is 7.42. The smallest absolute Gasteiger partial charge is 0.241 e. The highest BCUT2D eigenvalue weighted by molar-refractivity contribution is 7.20. The maximum absolute atomic E-state index is 15.4. The van der Waals surface area contributed by atoms with Crippen molar-refractivity contribution in [3.8, 4) is 5.75 Å². The van der Waals surface area contributed by atoms with Crippen molar-refractivity contribution in [1.29, 1.82) is 0 Å². The lowest BCUT2D eigenvalue weighted by Crippen LogP contribution is -2.81. The molecule has 0 amide bonds. The summed E-state index contributed by atoms with van der Waals surface area (Å²) in [5.74, 6) is -70.5. The number of aromatic nitrogens is 2. The molecule has 0 saturated carbocycles. The van der Waals surface area contributed by atoms with Crippen molar-refractivity contribution in [3.63, 3.8) is 0 Å². The predicted molar refractivity (Wildman–Crippen MR) is 191 cm³/mol. The molecule has 0 spiro atoms. The highest BCUT2D eigenvalue weighted by Crippen LogP contribution is 2.35. The van der Waals surface area contributed by atoms with Crippen molar-refractivity contribution in [1.82, 2.24) is 4.98 Å². The van der Waals surface area contributed by atoms with Crippen molar-refractivity contribution in [2.45, 2.75) is 0 Å². The zero-order valence-corrected chi connectivity index (χ0v) is 31.4. The molecule has 0 aliphatic rings. The van der Waals surface area contributed by atoms with E-state index >= 15 is 35.1 Å². The van der Waals surface area contributed by atoms with Crippen LogP contribution in [0, 0.1) is 116 Å². The lowest BCUT2D eigenvalue weighted by Gasteiger charge is -2.44. The molecule has 340 valence electrons. The molecule has 3 nitrogen and oxygen atoms in total. The van der Waals surface area contributed by atoms with Crippen molar-refractivity contribution in [2.75, 3.05) is 0 Å². The van der Waals surface area contributed by atoms with Crippen LogP contribution in [0.4, 0.5) is 87.8 Å². The van der Waals surface area contributed by atoms with Crippen molar-refractivity contribution < 1.29 is 97.4 Å². The van der Waals surface area contributed by atoms with Crippen LogP contribution < -0.4 is 31.4 Å². The molecule has 0 atom stereocenters. The Labute approximate surface area is 353 Å². The summed E-state index contributed by atoms with van der Waals surface area (Å²) in [4.78, 5) is 10.1. The number of fused-ring (bicyclic) bond motifs is 2. The molecule has 0 fully saturated rings. The van der Waals surface area contributed by atoms with Gasteiger partial charge in [-0.2, -0.15) is 0 Å². The van der Waals surface area contributed by atoms with Crippen LogP contribution in [0.1, 0.15) is 0 Å². The molecule has 66 heavy (non-hydrogen) atoms. The Morgan fingerprint density at radius 1 is 0.333 bits per heavy atom. The van der Waals surface area contributed by atoms with Gasteiger partial charge in [0.05, 0.1) is 12.4 Å². The third kappa shape index (κ3) is 6.96. The van der Waals surface area contributed by atoms with E-state index in [0.717, 1.165) is 16.5 Å². The van der Waals surface area contributed by atoms with Gasteiger partial charge in [0.2, 0.25) is 18.1 Å². The van der Waals surface area contributed by atoms with E-state index in [1.165, 1.54) is 10.8 Å². The molecule has 0 saturated heterocycles. The Bertz CT molecular complexity index is 2870. The molecular formula is C42H13BF20N2O. The van der Waals surface area contributed by atoms with Crippen LogP contribution in [0.25, 0.3) is 21.5 Å². The van der Waals surface area contributed by atoms with Gasteiger partial charge in [0.25, 0.3) is 0 Å². The van der Waals surface area contributed by atoms with Crippen LogP contribution in [0.5, 0.6) is 5.75 Å². The number of nitrogens with zero attached hydrogens (tertiary/aromatic N) is 2. The van der Waals surface area contributed by atoms with Crippen LogP contribution in [0.2, 0.25) is 0 Å². The number of benzene rings is 7. The zero-order valence-electron chi connectivity index (χ0n) is 31.4. The fourth-order valence-corrected chi connectivity index (χ4v) is 7.42.